The van der Waals surface area contributed by atoms with Crippen molar-refractivity contribution < 1.29 is 9.47 Å². The van der Waals surface area contributed by atoms with Gasteiger partial charge >= 0.3 is 0 Å². The molecule has 0 fully saturated rings. The highest BCUT2D eigenvalue weighted by Gasteiger charge is 2.07. The molecule has 0 amide bonds. The first-order chi connectivity index (χ1) is 10.0. The molecule has 0 saturated heterocycles. The molecule has 0 spiro atoms. The second kappa shape index (κ2) is 9.71. The van der Waals surface area contributed by atoms with Crippen LogP contribution in [0.1, 0.15) is 19.4 Å². The van der Waals surface area contributed by atoms with Gasteiger partial charge in [0.1, 0.15) is 17.3 Å². The van der Waals surface area contributed by atoms with Crippen LogP contribution in [0.25, 0.3) is 0 Å². The minimum Gasteiger partial charge on any atom is -0.492 e. The van der Waals surface area contributed by atoms with Crippen LogP contribution in [0.2, 0.25) is 0 Å². The summed E-state index contributed by atoms with van der Waals surface area (Å²) in [5.74, 6) is 1.43. The second-order valence-electron chi connectivity index (χ2n) is 5.43. The fourth-order valence-electron chi connectivity index (χ4n) is 2.06. The van der Waals surface area contributed by atoms with E-state index in [9.17, 15) is 0 Å². The predicted octanol–water partition coefficient (Wildman–Crippen LogP) is 2.30. The number of methoxy groups -OCH3 is 1. The van der Waals surface area contributed by atoms with E-state index in [1.54, 1.807) is 7.11 Å². The molecule has 5 heteroatoms. The topological polar surface area (TPSA) is 47.7 Å². The zero-order chi connectivity index (χ0) is 15.7. The molecule has 0 saturated carbocycles. The van der Waals surface area contributed by atoms with Crippen LogP contribution in [-0.4, -0.2) is 49.8 Å². The Hall–Kier alpha value is -1.17. The lowest BCUT2D eigenvalue weighted by molar-refractivity contribution is 0.127. The Morgan fingerprint density at radius 2 is 2.00 bits per heavy atom. The van der Waals surface area contributed by atoms with Gasteiger partial charge in [-0.2, -0.15) is 0 Å². The van der Waals surface area contributed by atoms with Crippen molar-refractivity contribution >= 4 is 17.2 Å². The largest absolute Gasteiger partial charge is 0.492 e. The smallest absolute Gasteiger partial charge is 0.120 e. The van der Waals surface area contributed by atoms with E-state index in [2.05, 4.69) is 18.7 Å². The molecule has 0 atom stereocenters. The molecule has 1 aromatic rings. The van der Waals surface area contributed by atoms with E-state index >= 15 is 0 Å². The molecule has 1 rings (SSSR count). The molecule has 0 aromatic heterocycles. The molecule has 4 nitrogen and oxygen atoms in total. The van der Waals surface area contributed by atoms with Crippen LogP contribution in [0.4, 0.5) is 0 Å². The van der Waals surface area contributed by atoms with Crippen molar-refractivity contribution in [3.8, 4) is 5.75 Å². The predicted molar refractivity (Wildman–Crippen MR) is 91.0 cm³/mol. The van der Waals surface area contributed by atoms with Crippen LogP contribution in [0, 0.1) is 5.92 Å². The lowest BCUT2D eigenvalue weighted by Gasteiger charge is -2.23. The van der Waals surface area contributed by atoms with Crippen molar-refractivity contribution in [2.45, 2.75) is 13.8 Å². The van der Waals surface area contributed by atoms with E-state index in [4.69, 9.17) is 27.4 Å². The van der Waals surface area contributed by atoms with Gasteiger partial charge in [-0.15, -0.1) is 0 Å². The zero-order valence-electron chi connectivity index (χ0n) is 13.2. The number of hydrogen-bond donors (Lipinski definition) is 1. The Balaban J connectivity index is 2.45. The minimum atomic E-state index is 0.391. The van der Waals surface area contributed by atoms with Crippen molar-refractivity contribution in [1.82, 2.24) is 4.90 Å². The minimum absolute atomic E-state index is 0.391. The molecule has 1 aromatic carbocycles. The van der Waals surface area contributed by atoms with Crippen LogP contribution in [-0.2, 0) is 4.74 Å². The summed E-state index contributed by atoms with van der Waals surface area (Å²) in [6.07, 6.45) is 0. The van der Waals surface area contributed by atoms with Gasteiger partial charge in [0.05, 0.1) is 6.61 Å². The van der Waals surface area contributed by atoms with Crippen LogP contribution < -0.4 is 10.5 Å². The molecule has 0 unspecified atom stereocenters. The van der Waals surface area contributed by atoms with Crippen molar-refractivity contribution in [3.63, 3.8) is 0 Å². The Morgan fingerprint density at radius 3 is 2.62 bits per heavy atom. The number of rotatable bonds is 10. The molecule has 2 N–H and O–H groups in total. The van der Waals surface area contributed by atoms with Crippen LogP contribution in [0.3, 0.4) is 0 Å². The van der Waals surface area contributed by atoms with Crippen molar-refractivity contribution in [3.05, 3.63) is 29.8 Å². The van der Waals surface area contributed by atoms with Crippen LogP contribution in [0.15, 0.2) is 24.3 Å². The third kappa shape index (κ3) is 7.41. The number of nitrogens with zero attached hydrogens (tertiary/aromatic N) is 1. The van der Waals surface area contributed by atoms with Gasteiger partial charge in [-0.1, -0.05) is 38.2 Å². The summed E-state index contributed by atoms with van der Waals surface area (Å²) < 4.78 is 10.9. The van der Waals surface area contributed by atoms with E-state index in [1.807, 2.05) is 24.3 Å². The summed E-state index contributed by atoms with van der Waals surface area (Å²) in [4.78, 5) is 2.74. The third-order valence-electron chi connectivity index (χ3n) is 3.03. The Kier molecular flexibility index (Phi) is 8.27. The molecule has 0 radical (unpaired) electrons. The molecule has 0 bridgehead atoms. The number of hydrogen-bond acceptors (Lipinski definition) is 4. The highest BCUT2D eigenvalue weighted by molar-refractivity contribution is 7.80. The third-order valence-corrected chi connectivity index (χ3v) is 3.27. The SMILES string of the molecule is COCCN(CCOc1cccc(C(N)=S)c1)CC(C)C. The quantitative estimate of drug-likeness (QED) is 0.672. The monoisotopic (exact) mass is 310 g/mol. The van der Waals surface area contributed by atoms with Crippen molar-refractivity contribution in [1.29, 1.82) is 0 Å². The highest BCUT2D eigenvalue weighted by atomic mass is 32.1. The van der Waals surface area contributed by atoms with E-state index in [0.717, 1.165) is 37.6 Å². The first-order valence-electron chi connectivity index (χ1n) is 7.27. The van der Waals surface area contributed by atoms with Gasteiger partial charge in [0.2, 0.25) is 0 Å². The molecule has 118 valence electrons. The van der Waals surface area contributed by atoms with Gasteiger partial charge < -0.3 is 15.2 Å². The molecule has 0 aliphatic heterocycles. The van der Waals surface area contributed by atoms with Crippen LogP contribution in [0.5, 0.6) is 5.75 Å². The van der Waals surface area contributed by atoms with Crippen molar-refractivity contribution in [2.75, 3.05) is 40.0 Å². The van der Waals surface area contributed by atoms with E-state index in [1.165, 1.54) is 0 Å². The summed E-state index contributed by atoms with van der Waals surface area (Å²) in [7, 11) is 1.73. The number of nitrogens with two attached hydrogens (primary N) is 1. The summed E-state index contributed by atoms with van der Waals surface area (Å²) in [5, 5.41) is 0. The zero-order valence-corrected chi connectivity index (χ0v) is 14.0. The average molecular weight is 310 g/mol. The fraction of sp³-hybridized carbons (Fsp3) is 0.562. The van der Waals surface area contributed by atoms with Crippen molar-refractivity contribution in [2.24, 2.45) is 11.7 Å². The van der Waals surface area contributed by atoms with Gasteiger partial charge in [0.25, 0.3) is 0 Å². The molecular formula is C16H26N2O2S. The normalized spacial score (nSPS) is 11.1. The number of thiocarbonyl (C=S) groups is 1. The summed E-state index contributed by atoms with van der Waals surface area (Å²) in [6, 6.07) is 7.59. The molecule has 21 heavy (non-hydrogen) atoms. The Morgan fingerprint density at radius 1 is 1.29 bits per heavy atom. The fourth-order valence-corrected chi connectivity index (χ4v) is 2.19. The summed E-state index contributed by atoms with van der Waals surface area (Å²) in [5.41, 5.74) is 6.46. The van der Waals surface area contributed by atoms with Gasteiger partial charge in [-0.05, 0) is 18.1 Å². The first-order valence-corrected chi connectivity index (χ1v) is 7.67. The van der Waals surface area contributed by atoms with E-state index in [-0.39, 0.29) is 0 Å². The van der Waals surface area contributed by atoms with E-state index in [0.29, 0.717) is 17.5 Å². The Bertz CT molecular complexity index is 438. The average Bonchev–Trinajstić information content (AvgIpc) is 2.44. The maximum Gasteiger partial charge on any atom is 0.120 e. The van der Waals surface area contributed by atoms with Gasteiger partial charge in [0.15, 0.2) is 0 Å². The molecule has 0 aliphatic rings. The lowest BCUT2D eigenvalue weighted by atomic mass is 10.2. The summed E-state index contributed by atoms with van der Waals surface area (Å²) >= 11 is 4.97. The highest BCUT2D eigenvalue weighted by Crippen LogP contribution is 2.13. The van der Waals surface area contributed by atoms with Gasteiger partial charge in [-0.25, -0.2) is 0 Å². The number of benzene rings is 1. The van der Waals surface area contributed by atoms with Gasteiger partial charge in [-0.3, -0.25) is 4.90 Å². The first kappa shape index (κ1) is 17.9. The van der Waals surface area contributed by atoms with Gasteiger partial charge in [0, 0.05) is 32.3 Å². The maximum absolute atomic E-state index is 5.79. The van der Waals surface area contributed by atoms with Crippen LogP contribution >= 0.6 is 12.2 Å². The standard InChI is InChI=1S/C16H26N2O2S/c1-13(2)12-18(7-9-19-3)8-10-20-15-6-4-5-14(11-15)16(17)21/h4-6,11,13H,7-10,12H2,1-3H3,(H2,17,21). The molecular weight excluding hydrogens is 284 g/mol. The second-order valence-corrected chi connectivity index (χ2v) is 5.87. The van der Waals surface area contributed by atoms with E-state index < -0.39 is 0 Å². The lowest BCUT2D eigenvalue weighted by Crippen LogP contribution is -2.34. The summed E-state index contributed by atoms with van der Waals surface area (Å²) in [6.45, 7) is 8.64. The number of ether oxygens (including phenoxy) is 2. The molecule has 0 aliphatic carbocycles. The molecule has 0 heterocycles. The Labute approximate surface area is 133 Å². The maximum atomic E-state index is 5.79.